The van der Waals surface area contributed by atoms with Gasteiger partial charge in [0.25, 0.3) is 5.91 Å². The van der Waals surface area contributed by atoms with E-state index in [0.717, 1.165) is 10.2 Å². The van der Waals surface area contributed by atoms with Crippen LogP contribution in [0.5, 0.6) is 5.75 Å². The molecule has 1 aromatic rings. The number of nitriles is 1. The zero-order valence-corrected chi connectivity index (χ0v) is 12.6. The number of hydrogen-bond donors (Lipinski definition) is 1. The second-order valence-corrected chi connectivity index (χ2v) is 6.22. The summed E-state index contributed by atoms with van der Waals surface area (Å²) in [6.45, 7) is -0.0866. The van der Waals surface area contributed by atoms with Crippen molar-refractivity contribution in [3.63, 3.8) is 0 Å². The molecule has 6 heteroatoms. The van der Waals surface area contributed by atoms with E-state index < -0.39 is 5.54 Å². The maximum Gasteiger partial charge on any atom is 0.259 e. The summed E-state index contributed by atoms with van der Waals surface area (Å²) in [5, 5.41) is 11.9. The Hall–Kier alpha value is -1.19. The minimum atomic E-state index is -0.723. The lowest BCUT2D eigenvalue weighted by Crippen LogP contribution is -2.49. The van der Waals surface area contributed by atoms with E-state index in [0.29, 0.717) is 17.9 Å². The highest BCUT2D eigenvalue weighted by molar-refractivity contribution is 9.10. The largest absolute Gasteiger partial charge is 0.483 e. The molecule has 1 atom stereocenters. The third-order valence-electron chi connectivity index (χ3n) is 2.81. The minimum Gasteiger partial charge on any atom is -0.483 e. The number of rotatable bonds is 4. The fourth-order valence-electron chi connectivity index (χ4n) is 1.79. The molecular weight excluding hydrogens is 328 g/mol. The predicted octanol–water partition coefficient (Wildman–Crippen LogP) is 2.34. The van der Waals surface area contributed by atoms with Crippen LogP contribution in [0, 0.1) is 11.3 Å². The SMILES string of the molecule is N#C[C@@]1(NC(=O)COc2ccccc2Br)CCSC1. The van der Waals surface area contributed by atoms with Crippen LogP contribution in [0.15, 0.2) is 28.7 Å². The summed E-state index contributed by atoms with van der Waals surface area (Å²) in [5.41, 5.74) is -0.723. The number of halogens is 1. The average Bonchev–Trinajstić information content (AvgIpc) is 2.87. The molecule has 19 heavy (non-hydrogen) atoms. The number of carbonyl (C=O) groups is 1. The van der Waals surface area contributed by atoms with Crippen molar-refractivity contribution in [1.29, 1.82) is 5.26 Å². The lowest BCUT2D eigenvalue weighted by atomic mass is 10.0. The Morgan fingerprint density at radius 3 is 3.00 bits per heavy atom. The Labute approximate surface area is 124 Å². The Balaban J connectivity index is 1.89. The van der Waals surface area contributed by atoms with E-state index in [1.807, 2.05) is 18.2 Å². The molecule has 1 heterocycles. The number of nitrogens with zero attached hydrogens (tertiary/aromatic N) is 1. The monoisotopic (exact) mass is 340 g/mol. The number of amides is 1. The molecule has 1 aliphatic heterocycles. The molecule has 1 fully saturated rings. The Bertz CT molecular complexity index is 510. The molecule has 4 nitrogen and oxygen atoms in total. The van der Waals surface area contributed by atoms with Crippen molar-refractivity contribution in [2.75, 3.05) is 18.1 Å². The molecule has 1 amide bonds. The molecule has 1 aliphatic rings. The molecule has 0 unspecified atom stereocenters. The van der Waals surface area contributed by atoms with E-state index in [-0.39, 0.29) is 12.5 Å². The molecule has 0 radical (unpaired) electrons. The highest BCUT2D eigenvalue weighted by atomic mass is 79.9. The molecule has 0 saturated carbocycles. The van der Waals surface area contributed by atoms with Gasteiger partial charge in [0.2, 0.25) is 0 Å². The van der Waals surface area contributed by atoms with Gasteiger partial charge in [-0.1, -0.05) is 12.1 Å². The van der Waals surface area contributed by atoms with Crippen LogP contribution in [-0.2, 0) is 4.79 Å². The van der Waals surface area contributed by atoms with Crippen LogP contribution in [0.3, 0.4) is 0 Å². The molecule has 0 spiro atoms. The molecule has 0 bridgehead atoms. The van der Waals surface area contributed by atoms with Gasteiger partial charge < -0.3 is 10.1 Å². The van der Waals surface area contributed by atoms with Crippen molar-refractivity contribution in [2.45, 2.75) is 12.0 Å². The predicted molar refractivity (Wildman–Crippen MR) is 78.1 cm³/mol. The van der Waals surface area contributed by atoms with Gasteiger partial charge in [-0.25, -0.2) is 0 Å². The van der Waals surface area contributed by atoms with E-state index in [4.69, 9.17) is 10.00 Å². The minimum absolute atomic E-state index is 0.0866. The highest BCUT2D eigenvalue weighted by Gasteiger charge is 2.36. The van der Waals surface area contributed by atoms with Crippen molar-refractivity contribution in [2.24, 2.45) is 0 Å². The van der Waals surface area contributed by atoms with Gasteiger partial charge in [-0.15, -0.1) is 0 Å². The first kappa shape index (κ1) is 14.2. The number of hydrogen-bond acceptors (Lipinski definition) is 4. The van der Waals surface area contributed by atoms with Gasteiger partial charge in [-0.3, -0.25) is 4.79 Å². The fourth-order valence-corrected chi connectivity index (χ4v) is 3.45. The van der Waals surface area contributed by atoms with Gasteiger partial charge in [0.1, 0.15) is 11.3 Å². The van der Waals surface area contributed by atoms with Gasteiger partial charge in [-0.05, 0) is 40.2 Å². The van der Waals surface area contributed by atoms with Gasteiger partial charge in [0.05, 0.1) is 10.5 Å². The quantitative estimate of drug-likeness (QED) is 0.913. The van der Waals surface area contributed by atoms with Crippen molar-refractivity contribution < 1.29 is 9.53 Å². The smallest absolute Gasteiger partial charge is 0.259 e. The Morgan fingerprint density at radius 2 is 2.37 bits per heavy atom. The first-order chi connectivity index (χ1) is 9.15. The maximum atomic E-state index is 11.8. The van der Waals surface area contributed by atoms with Gasteiger partial charge in [-0.2, -0.15) is 17.0 Å². The summed E-state index contributed by atoms with van der Waals surface area (Å²) in [7, 11) is 0. The Kier molecular flexibility index (Phi) is 4.72. The van der Waals surface area contributed by atoms with Crippen LogP contribution in [0.1, 0.15) is 6.42 Å². The van der Waals surface area contributed by atoms with Gasteiger partial charge in [0.15, 0.2) is 6.61 Å². The molecule has 100 valence electrons. The summed E-state index contributed by atoms with van der Waals surface area (Å²) in [6, 6.07) is 9.53. The molecule has 1 aromatic carbocycles. The molecule has 0 aliphatic carbocycles. The molecule has 2 rings (SSSR count). The number of para-hydroxylation sites is 1. The van der Waals surface area contributed by atoms with Crippen LogP contribution in [0.2, 0.25) is 0 Å². The van der Waals surface area contributed by atoms with Crippen LogP contribution in [0.25, 0.3) is 0 Å². The van der Waals surface area contributed by atoms with Gasteiger partial charge in [0, 0.05) is 5.75 Å². The van der Waals surface area contributed by atoms with Crippen molar-refractivity contribution in [3.8, 4) is 11.8 Å². The van der Waals surface area contributed by atoms with Crippen LogP contribution in [-0.4, -0.2) is 29.6 Å². The van der Waals surface area contributed by atoms with Crippen molar-refractivity contribution in [1.82, 2.24) is 5.32 Å². The van der Waals surface area contributed by atoms with Crippen LogP contribution in [0.4, 0.5) is 0 Å². The van der Waals surface area contributed by atoms with Crippen LogP contribution < -0.4 is 10.1 Å². The maximum absolute atomic E-state index is 11.8. The second-order valence-electron chi connectivity index (χ2n) is 4.26. The standard InChI is InChI=1S/C13H13BrN2O2S/c14-10-3-1-2-4-11(10)18-7-12(17)16-13(8-15)5-6-19-9-13/h1-4H,5-7,9H2,(H,16,17)/t13-/m0/s1. The number of ether oxygens (including phenoxy) is 1. The molecule has 1 saturated heterocycles. The summed E-state index contributed by atoms with van der Waals surface area (Å²) in [4.78, 5) is 11.8. The first-order valence-electron chi connectivity index (χ1n) is 5.82. The fraction of sp³-hybridized carbons (Fsp3) is 0.385. The first-order valence-corrected chi connectivity index (χ1v) is 7.77. The van der Waals surface area contributed by atoms with Crippen molar-refractivity contribution >= 4 is 33.6 Å². The topological polar surface area (TPSA) is 62.1 Å². The van der Waals surface area contributed by atoms with E-state index in [9.17, 15) is 4.79 Å². The lowest BCUT2D eigenvalue weighted by Gasteiger charge is -2.21. The van der Waals surface area contributed by atoms with E-state index in [2.05, 4.69) is 27.3 Å². The summed E-state index contributed by atoms with van der Waals surface area (Å²) < 4.78 is 6.22. The van der Waals surface area contributed by atoms with E-state index >= 15 is 0 Å². The Morgan fingerprint density at radius 1 is 1.58 bits per heavy atom. The normalized spacial score (nSPS) is 21.7. The third-order valence-corrected chi connectivity index (χ3v) is 4.65. The average molecular weight is 341 g/mol. The molecule has 0 aromatic heterocycles. The number of carbonyl (C=O) groups excluding carboxylic acids is 1. The number of benzene rings is 1. The van der Waals surface area contributed by atoms with Crippen LogP contribution >= 0.6 is 27.7 Å². The summed E-state index contributed by atoms with van der Waals surface area (Å²) >= 11 is 5.03. The lowest BCUT2D eigenvalue weighted by molar-refractivity contribution is -0.124. The zero-order valence-electron chi connectivity index (χ0n) is 10.2. The van der Waals surface area contributed by atoms with Crippen molar-refractivity contribution in [3.05, 3.63) is 28.7 Å². The van der Waals surface area contributed by atoms with Gasteiger partial charge >= 0.3 is 0 Å². The highest BCUT2D eigenvalue weighted by Crippen LogP contribution is 2.27. The zero-order chi connectivity index (χ0) is 13.7. The summed E-state index contributed by atoms with van der Waals surface area (Å²) in [6.07, 6.45) is 0.689. The molecule has 1 N–H and O–H groups in total. The van der Waals surface area contributed by atoms with E-state index in [1.165, 1.54) is 0 Å². The second kappa shape index (κ2) is 6.31. The third kappa shape index (κ3) is 3.64. The molecular formula is C13H13BrN2O2S. The number of nitrogens with one attached hydrogen (secondary N) is 1. The number of thioether (sulfide) groups is 1. The van der Waals surface area contributed by atoms with E-state index in [1.54, 1.807) is 17.8 Å². The summed E-state index contributed by atoms with van der Waals surface area (Å²) in [5.74, 6) is 1.90.